The fourth-order valence-corrected chi connectivity index (χ4v) is 13.3. The highest BCUT2D eigenvalue weighted by atomic mass is 35.5. The zero-order valence-corrected chi connectivity index (χ0v) is 57.3. The van der Waals surface area contributed by atoms with Crippen LogP contribution in [0.3, 0.4) is 0 Å². The van der Waals surface area contributed by atoms with Crippen LogP contribution in [0.1, 0.15) is 68.6 Å². The van der Waals surface area contributed by atoms with Gasteiger partial charge in [0, 0.05) is 87.5 Å². The molecule has 14 rings (SSSR count). The van der Waals surface area contributed by atoms with Gasteiger partial charge in [-0.05, 0) is 91.1 Å². The molecular formula is C68H67Cl4N17O9. The molecule has 4 amide bonds. The molecule has 98 heavy (non-hydrogen) atoms. The summed E-state index contributed by atoms with van der Waals surface area (Å²) < 4.78 is 26.5. The predicted molar refractivity (Wildman–Crippen MR) is 371 cm³/mol. The number of piperidine rings is 1. The van der Waals surface area contributed by atoms with Gasteiger partial charge in [-0.3, -0.25) is 52.8 Å². The number of nitrogens with zero attached hydrogens (tertiary/aromatic N) is 13. The molecule has 6 N–H and O–H groups in total. The molecular weight excluding hydrogens is 1340 g/mol. The summed E-state index contributed by atoms with van der Waals surface area (Å²) in [6, 6.07) is 27.9. The fourth-order valence-electron chi connectivity index (χ4n) is 12.5. The first-order chi connectivity index (χ1) is 47.1. The number of amides is 4. The number of aromatic nitrogens is 11. The van der Waals surface area contributed by atoms with Crippen molar-refractivity contribution in [1.29, 1.82) is 0 Å². The van der Waals surface area contributed by atoms with Gasteiger partial charge in [0.2, 0.25) is 17.8 Å². The van der Waals surface area contributed by atoms with Gasteiger partial charge in [0.05, 0.1) is 115 Å². The van der Waals surface area contributed by atoms with E-state index < -0.39 is 11.8 Å². The second-order valence-electron chi connectivity index (χ2n) is 23.9. The number of hydrogen-bond acceptors (Lipinski definition) is 20. The number of imide groups is 2. The molecule has 30 heteroatoms. The van der Waals surface area contributed by atoms with Crippen LogP contribution < -0.4 is 41.5 Å². The second-order valence-corrected chi connectivity index (χ2v) is 25.4. The molecule has 11 heterocycles. The van der Waals surface area contributed by atoms with Crippen molar-refractivity contribution in [2.24, 2.45) is 18.2 Å². The number of nitrogen functional groups attached to an aromatic ring is 1. The third kappa shape index (κ3) is 13.1. The lowest BCUT2D eigenvalue weighted by Gasteiger charge is -2.41. The van der Waals surface area contributed by atoms with E-state index in [4.69, 9.17) is 81.8 Å². The maximum absolute atomic E-state index is 13.3. The van der Waals surface area contributed by atoms with E-state index in [0.29, 0.717) is 110 Å². The zero-order chi connectivity index (χ0) is 69.4. The van der Waals surface area contributed by atoms with Gasteiger partial charge in [0.25, 0.3) is 17.4 Å². The molecule has 7 aromatic heterocycles. The smallest absolute Gasteiger partial charge is 0.266 e. The second kappa shape index (κ2) is 28.2. The summed E-state index contributed by atoms with van der Waals surface area (Å²) in [7, 11) is 9.50. The number of carbonyl (C=O) groups is 4. The van der Waals surface area contributed by atoms with Crippen LogP contribution >= 0.6 is 46.4 Å². The quantitative estimate of drug-likeness (QED) is 0.0582. The van der Waals surface area contributed by atoms with Crippen LogP contribution in [0.25, 0.3) is 44.8 Å². The average Bonchev–Trinajstić information content (AvgIpc) is 1.59. The van der Waals surface area contributed by atoms with Gasteiger partial charge in [-0.2, -0.15) is 20.3 Å². The number of pyridine rings is 3. The molecule has 2 atom stereocenters. The van der Waals surface area contributed by atoms with Crippen molar-refractivity contribution in [2.45, 2.75) is 64.4 Å². The maximum atomic E-state index is 13.3. The molecule has 0 radical (unpaired) electrons. The van der Waals surface area contributed by atoms with Gasteiger partial charge in [-0.1, -0.05) is 82.8 Å². The number of rotatable bonds is 14. The Hall–Kier alpha value is -9.96. The van der Waals surface area contributed by atoms with Crippen molar-refractivity contribution in [2.75, 3.05) is 71.1 Å². The summed E-state index contributed by atoms with van der Waals surface area (Å²) >= 11 is 25.7. The highest BCUT2D eigenvalue weighted by Gasteiger charge is 2.48. The van der Waals surface area contributed by atoms with Gasteiger partial charge in [0.15, 0.2) is 5.65 Å². The van der Waals surface area contributed by atoms with E-state index in [1.807, 2.05) is 79.7 Å². The number of benzene rings is 3. The van der Waals surface area contributed by atoms with E-state index in [2.05, 4.69) is 45.6 Å². The molecule has 4 aliphatic rings. The normalized spacial score (nSPS) is 16.3. The Kier molecular flexibility index (Phi) is 19.6. The van der Waals surface area contributed by atoms with E-state index in [9.17, 15) is 24.0 Å². The molecule has 0 saturated carbocycles. The number of nitrogens with two attached hydrogens (primary N) is 2. The van der Waals surface area contributed by atoms with Gasteiger partial charge >= 0.3 is 0 Å². The predicted octanol–water partition coefficient (Wildman–Crippen LogP) is 9.18. The number of nitrogens with one attached hydrogen (secondary N) is 2. The van der Waals surface area contributed by atoms with Crippen LogP contribution in [0.5, 0.6) is 17.2 Å². The molecule has 1 spiro atoms. The highest BCUT2D eigenvalue weighted by Crippen LogP contribution is 2.44. The number of H-pyrrole nitrogens is 1. The number of likely N-dealkylation sites (N-methyl/N-ethyl adjacent to an activating group) is 2. The van der Waals surface area contributed by atoms with Crippen LogP contribution in [0.4, 0.5) is 17.6 Å². The Morgan fingerprint density at radius 2 is 1.13 bits per heavy atom. The summed E-state index contributed by atoms with van der Waals surface area (Å²) in [6.07, 6.45) is 6.62. The van der Waals surface area contributed by atoms with Gasteiger partial charge in [-0.15, -0.1) is 0 Å². The SMILES string of the molecule is COc1ccc(CNc2nccc(-c3c4c(nn3Cc3ccc(OC)cc3)CC(=O)N(C)C4=O)c2Cl)cc1.COc1ccc(Cn2nc3c(c2-c2ccnc(Cl)c2Cl)C(=O)N(C)C(=O)C3)cc1.C[C@@H]1OCC2(CCN(c3nc4n[nH]c(-c5ccnc(N)c5Cl)c4c(=O)n3C)CC2)[C@@H]1N. The van der Waals surface area contributed by atoms with Crippen LogP contribution in [-0.2, 0) is 53.8 Å². The molecule has 0 bridgehead atoms. The van der Waals surface area contributed by atoms with E-state index in [1.54, 1.807) is 66.7 Å². The fraction of sp³-hybridized carbons (Fsp3) is 0.294. The van der Waals surface area contributed by atoms with E-state index >= 15 is 0 Å². The van der Waals surface area contributed by atoms with Gasteiger partial charge in [0.1, 0.15) is 39.4 Å². The maximum Gasteiger partial charge on any atom is 0.266 e. The number of fused-ring (bicyclic) bond motifs is 3. The zero-order valence-electron chi connectivity index (χ0n) is 54.3. The minimum absolute atomic E-state index is 0.00356. The third-order valence-electron chi connectivity index (χ3n) is 18.2. The number of anilines is 3. The number of carbonyl (C=O) groups excluding carboxylic acids is 4. The minimum Gasteiger partial charge on any atom is -0.497 e. The lowest BCUT2D eigenvalue weighted by molar-refractivity contribution is -0.128. The van der Waals surface area contributed by atoms with Crippen molar-refractivity contribution in [3.63, 3.8) is 0 Å². The van der Waals surface area contributed by atoms with Gasteiger partial charge in [-0.25, -0.2) is 15.0 Å². The first-order valence-corrected chi connectivity index (χ1v) is 32.5. The lowest BCUT2D eigenvalue weighted by atomic mass is 9.73. The Bertz CT molecular complexity index is 4780. The molecule has 0 unspecified atom stereocenters. The third-order valence-corrected chi connectivity index (χ3v) is 19.7. The Balaban J connectivity index is 0.000000141. The van der Waals surface area contributed by atoms with E-state index in [1.165, 1.54) is 26.5 Å². The van der Waals surface area contributed by atoms with Crippen molar-refractivity contribution in [1.82, 2.24) is 64.1 Å². The van der Waals surface area contributed by atoms with Crippen molar-refractivity contribution >= 4 is 98.6 Å². The minimum atomic E-state index is -0.420. The van der Waals surface area contributed by atoms with Gasteiger partial charge < -0.3 is 40.6 Å². The van der Waals surface area contributed by atoms with Crippen molar-refractivity contribution in [3.8, 4) is 51.0 Å². The van der Waals surface area contributed by atoms with Crippen molar-refractivity contribution in [3.05, 3.63) is 179 Å². The molecule has 3 aromatic carbocycles. The number of hydrogen-bond donors (Lipinski definition) is 4. The number of halogens is 4. The summed E-state index contributed by atoms with van der Waals surface area (Å²) in [4.78, 5) is 85.5. The molecule has 2 fully saturated rings. The first-order valence-electron chi connectivity index (χ1n) is 31.0. The van der Waals surface area contributed by atoms with Crippen LogP contribution in [0.2, 0.25) is 20.2 Å². The molecule has 10 aromatic rings. The Labute approximate surface area is 581 Å². The summed E-state index contributed by atoms with van der Waals surface area (Å²) in [5.74, 6) is 2.06. The van der Waals surface area contributed by atoms with E-state index in [-0.39, 0.29) is 68.8 Å². The topological polar surface area (TPSA) is 317 Å². The largest absolute Gasteiger partial charge is 0.497 e. The van der Waals surface area contributed by atoms with Crippen LogP contribution in [0.15, 0.2) is 114 Å². The number of methoxy groups -OCH3 is 3. The first kappa shape index (κ1) is 68.0. The number of ether oxygens (including phenoxy) is 4. The molecule has 4 aliphatic heterocycles. The molecule has 0 aliphatic carbocycles. The molecule has 26 nitrogen and oxygen atoms in total. The van der Waals surface area contributed by atoms with E-state index in [0.717, 1.165) is 69.7 Å². The summed E-state index contributed by atoms with van der Waals surface area (Å²) in [5, 5.41) is 21.1. The van der Waals surface area contributed by atoms with Crippen LogP contribution in [-0.4, -0.2) is 155 Å². The number of aromatic amines is 1. The monoisotopic (exact) mass is 1410 g/mol. The lowest BCUT2D eigenvalue weighted by Crippen LogP contribution is -2.51. The summed E-state index contributed by atoms with van der Waals surface area (Å²) in [5.41, 5.74) is 20.1. The highest BCUT2D eigenvalue weighted by molar-refractivity contribution is 6.43. The van der Waals surface area contributed by atoms with Crippen molar-refractivity contribution < 1.29 is 38.1 Å². The van der Waals surface area contributed by atoms with Crippen LogP contribution in [0, 0.1) is 5.41 Å². The molecule has 2 saturated heterocycles. The average molecular weight is 1410 g/mol. The summed E-state index contributed by atoms with van der Waals surface area (Å²) in [6.45, 7) is 5.44. The molecule has 506 valence electrons. The standard InChI is InChI=1S/C28H26ClN5O4.C20H16Cl2N4O3.C20H25ClN8O2/c1-33-23(35)14-22-24(28(33)36)26(34(32-22)16-18-6-10-20(38-3)11-7-18)21-12-13-30-27(25(21)29)31-15-17-4-8-19(37-2)9-5-17;1-25-15(27)9-14-16(20(25)28)18(13-7-8-23-19(22)17(13)21)26(24-14)10-11-3-5-12(29-2)6-4-11;1-10-15(22)20(9-31-10)4-7-29(8-5-20)19-25-17-12(18(30)28(19)2)14(26-27-17)11-3-6-24-16(23)13(11)21/h4-13H,14-16H2,1-3H3,(H,30,31);3-8H,9-10H2,1-2H3;3,6,10,15H,4-5,7-9,22H2,1-2H3,(H2,23,24)(H,26,27)/t;;10-,15+/m..0/s1. The Morgan fingerprint density at radius 1 is 0.643 bits per heavy atom. The Morgan fingerprint density at radius 3 is 1.64 bits per heavy atom.